The van der Waals surface area contributed by atoms with Crippen molar-refractivity contribution in [3.63, 3.8) is 0 Å². The molecule has 0 bridgehead atoms. The van der Waals surface area contributed by atoms with E-state index in [1.165, 1.54) is 10.6 Å². The lowest BCUT2D eigenvalue weighted by Crippen LogP contribution is -2.56. The summed E-state index contributed by atoms with van der Waals surface area (Å²) < 4.78 is 42.3. The molecule has 3 aromatic heterocycles. The minimum Gasteiger partial charge on any atom is -0.491 e. The number of aliphatic hydroxyl groups excluding tert-OH is 1. The zero-order valence-electron chi connectivity index (χ0n) is 22.4. The second kappa shape index (κ2) is 12.4. The van der Waals surface area contributed by atoms with Crippen LogP contribution in [0, 0.1) is 28.9 Å². The molecule has 1 aliphatic rings. The smallest absolute Gasteiger partial charge is 0.229 e. The number of ether oxygens (including phenoxy) is 2. The number of anilines is 3. The van der Waals surface area contributed by atoms with E-state index in [4.69, 9.17) is 25.6 Å². The van der Waals surface area contributed by atoms with E-state index in [1.54, 1.807) is 24.7 Å². The topological polar surface area (TPSA) is 147 Å². The van der Waals surface area contributed by atoms with Crippen molar-refractivity contribution in [3.05, 3.63) is 60.6 Å². The van der Waals surface area contributed by atoms with E-state index in [2.05, 4.69) is 38.3 Å². The fraction of sp³-hybridized carbons (Fsp3) is 0.357. The maximum Gasteiger partial charge on any atom is 0.229 e. The first-order valence-electron chi connectivity index (χ1n) is 13.2. The van der Waals surface area contributed by atoms with Gasteiger partial charge in [-0.2, -0.15) is 14.9 Å². The number of imidazole rings is 1. The van der Waals surface area contributed by atoms with Gasteiger partial charge in [-0.25, -0.2) is 13.8 Å². The number of aromatic nitrogens is 4. The SMILES string of the molecule is C[C@H]1CN(c2ccncc2Nc2ncc3ccc(-c4c(F)cc(OCCO)cc4F)nn23)C[C@@H](N)[C@H]1OCCC#N. The Hall–Kier alpha value is -4.38. The number of aliphatic hydroxyl groups is 1. The highest BCUT2D eigenvalue weighted by molar-refractivity contribution is 5.74. The van der Waals surface area contributed by atoms with Crippen molar-refractivity contribution in [1.82, 2.24) is 19.6 Å². The van der Waals surface area contributed by atoms with E-state index >= 15 is 0 Å². The number of nitrogens with two attached hydrogens (primary N) is 1. The van der Waals surface area contributed by atoms with Gasteiger partial charge in [0.05, 0.1) is 72.4 Å². The summed E-state index contributed by atoms with van der Waals surface area (Å²) in [6, 6.07) is 8.98. The highest BCUT2D eigenvalue weighted by Gasteiger charge is 2.34. The molecule has 1 fully saturated rings. The number of rotatable bonds is 10. The van der Waals surface area contributed by atoms with Crippen molar-refractivity contribution >= 4 is 22.8 Å². The Morgan fingerprint density at radius 2 is 1.98 bits per heavy atom. The van der Waals surface area contributed by atoms with Crippen molar-refractivity contribution in [2.24, 2.45) is 11.7 Å². The first-order chi connectivity index (χ1) is 19.9. The summed E-state index contributed by atoms with van der Waals surface area (Å²) in [5, 5.41) is 25.4. The Morgan fingerprint density at radius 3 is 2.71 bits per heavy atom. The lowest BCUT2D eigenvalue weighted by Gasteiger charge is -2.42. The normalized spacial score (nSPS) is 18.8. The maximum absolute atomic E-state index is 14.9. The molecule has 0 unspecified atom stereocenters. The Morgan fingerprint density at radius 1 is 1.17 bits per heavy atom. The second-order valence-electron chi connectivity index (χ2n) is 9.78. The Bertz CT molecular complexity index is 1520. The lowest BCUT2D eigenvalue weighted by molar-refractivity contribution is -0.00331. The monoisotopic (exact) mass is 564 g/mol. The number of nitrogens with one attached hydrogen (secondary N) is 1. The van der Waals surface area contributed by atoms with Gasteiger partial charge in [-0.15, -0.1) is 0 Å². The molecule has 11 nitrogen and oxygen atoms in total. The number of hydrogen-bond donors (Lipinski definition) is 3. The van der Waals surface area contributed by atoms with E-state index in [0.717, 1.165) is 17.8 Å². The zero-order valence-corrected chi connectivity index (χ0v) is 22.4. The van der Waals surface area contributed by atoms with Crippen LogP contribution in [-0.4, -0.2) is 69.7 Å². The molecule has 4 heterocycles. The minimum absolute atomic E-state index is 0.0280. The molecule has 214 valence electrons. The van der Waals surface area contributed by atoms with Crippen LogP contribution in [-0.2, 0) is 4.74 Å². The van der Waals surface area contributed by atoms with Gasteiger partial charge in [0.2, 0.25) is 5.95 Å². The Labute approximate surface area is 235 Å². The predicted octanol–water partition coefficient (Wildman–Crippen LogP) is 3.27. The molecule has 0 amide bonds. The van der Waals surface area contributed by atoms with Crippen LogP contribution >= 0.6 is 0 Å². The molecule has 0 saturated carbocycles. The van der Waals surface area contributed by atoms with Gasteiger partial charge in [-0.3, -0.25) is 4.98 Å². The molecule has 0 aliphatic carbocycles. The van der Waals surface area contributed by atoms with Gasteiger partial charge in [0.1, 0.15) is 24.0 Å². The fourth-order valence-electron chi connectivity index (χ4n) is 5.05. The number of nitrogens with zero attached hydrogens (tertiary/aromatic N) is 6. The summed E-state index contributed by atoms with van der Waals surface area (Å²) in [7, 11) is 0. The summed E-state index contributed by atoms with van der Waals surface area (Å²) in [6.07, 6.45) is 5.10. The number of nitriles is 1. The first-order valence-corrected chi connectivity index (χ1v) is 13.2. The van der Waals surface area contributed by atoms with Crippen LogP contribution in [0.1, 0.15) is 13.3 Å². The molecular formula is C28H30F2N8O3. The molecule has 0 spiro atoms. The van der Waals surface area contributed by atoms with Crippen LogP contribution in [0.4, 0.5) is 26.1 Å². The molecule has 3 atom stereocenters. The van der Waals surface area contributed by atoms with Crippen molar-refractivity contribution in [2.75, 3.05) is 43.1 Å². The summed E-state index contributed by atoms with van der Waals surface area (Å²) in [5.41, 5.74) is 8.33. The van der Waals surface area contributed by atoms with Crippen LogP contribution in [0.5, 0.6) is 5.75 Å². The van der Waals surface area contributed by atoms with Gasteiger partial charge in [0, 0.05) is 43.4 Å². The Kier molecular flexibility index (Phi) is 8.53. The van der Waals surface area contributed by atoms with Crippen molar-refractivity contribution in [3.8, 4) is 23.1 Å². The second-order valence-corrected chi connectivity index (χ2v) is 9.78. The summed E-state index contributed by atoms with van der Waals surface area (Å²) in [5.74, 6) is -1.29. The summed E-state index contributed by atoms with van der Waals surface area (Å²) >= 11 is 0. The third-order valence-electron chi connectivity index (χ3n) is 6.85. The lowest BCUT2D eigenvalue weighted by atomic mass is 9.92. The van der Waals surface area contributed by atoms with Gasteiger partial charge in [0.25, 0.3) is 0 Å². The largest absolute Gasteiger partial charge is 0.491 e. The van der Waals surface area contributed by atoms with Gasteiger partial charge in [-0.05, 0) is 18.2 Å². The van der Waals surface area contributed by atoms with Crippen LogP contribution in [0.25, 0.3) is 16.8 Å². The number of piperidine rings is 1. The maximum atomic E-state index is 14.9. The molecule has 1 saturated heterocycles. The quantitative estimate of drug-likeness (QED) is 0.245. The van der Waals surface area contributed by atoms with E-state index in [9.17, 15) is 8.78 Å². The van der Waals surface area contributed by atoms with E-state index < -0.39 is 11.6 Å². The van der Waals surface area contributed by atoms with Crippen LogP contribution in [0.15, 0.2) is 48.9 Å². The summed E-state index contributed by atoms with van der Waals surface area (Å²) in [6.45, 7) is 3.25. The van der Waals surface area contributed by atoms with Gasteiger partial charge in [-0.1, -0.05) is 6.92 Å². The fourth-order valence-corrected chi connectivity index (χ4v) is 5.05. The highest BCUT2D eigenvalue weighted by Crippen LogP contribution is 2.33. The average Bonchev–Trinajstić information content (AvgIpc) is 3.35. The molecule has 1 aromatic carbocycles. The van der Waals surface area contributed by atoms with Crippen molar-refractivity contribution in [2.45, 2.75) is 25.5 Å². The number of pyridine rings is 1. The molecule has 1 aliphatic heterocycles. The highest BCUT2D eigenvalue weighted by atomic mass is 19.1. The van der Waals surface area contributed by atoms with Gasteiger partial charge < -0.3 is 30.5 Å². The van der Waals surface area contributed by atoms with Crippen LogP contribution in [0.2, 0.25) is 0 Å². The average molecular weight is 565 g/mol. The van der Waals surface area contributed by atoms with Crippen molar-refractivity contribution < 1.29 is 23.4 Å². The Balaban J connectivity index is 1.40. The number of fused-ring (bicyclic) bond motifs is 1. The van der Waals surface area contributed by atoms with Crippen LogP contribution in [0.3, 0.4) is 0 Å². The van der Waals surface area contributed by atoms with Crippen LogP contribution < -0.4 is 20.7 Å². The number of halogens is 2. The van der Waals surface area contributed by atoms with E-state index in [1.807, 2.05) is 6.07 Å². The van der Waals surface area contributed by atoms with Gasteiger partial charge in [0.15, 0.2) is 0 Å². The number of benzene rings is 1. The summed E-state index contributed by atoms with van der Waals surface area (Å²) in [4.78, 5) is 10.8. The predicted molar refractivity (Wildman–Crippen MR) is 148 cm³/mol. The molecular weight excluding hydrogens is 534 g/mol. The van der Waals surface area contributed by atoms with E-state index in [-0.39, 0.29) is 48.3 Å². The third-order valence-corrected chi connectivity index (χ3v) is 6.85. The molecule has 4 N–H and O–H groups in total. The standard InChI is InChI=1S/C28H30F2N8O3/c1-17-15-37(16-22(32)27(17)41-9-2-6-31)25-5-7-33-14-24(25)35-28-34-13-18-3-4-23(36-38(18)28)26-20(29)11-19(12-21(26)30)40-10-8-39/h3-5,7,11-14,17,22,27,39H,2,8-10,15-16,32H2,1H3,(H,34,35)/t17-,22+,27-/m0/s1. The third kappa shape index (κ3) is 6.04. The first kappa shape index (κ1) is 28.2. The van der Waals surface area contributed by atoms with Crippen molar-refractivity contribution in [1.29, 1.82) is 5.26 Å². The molecule has 13 heteroatoms. The van der Waals surface area contributed by atoms with E-state index in [0.29, 0.717) is 43.3 Å². The molecule has 41 heavy (non-hydrogen) atoms. The molecule has 5 rings (SSSR count). The molecule has 0 radical (unpaired) electrons. The minimum atomic E-state index is -0.848. The number of hydrogen-bond acceptors (Lipinski definition) is 10. The zero-order chi connectivity index (χ0) is 28.9. The van der Waals surface area contributed by atoms with Gasteiger partial charge >= 0.3 is 0 Å². The molecule has 4 aromatic rings.